The Labute approximate surface area is 204 Å². The minimum atomic E-state index is -1.11. The topological polar surface area (TPSA) is 74.7 Å². The van der Waals surface area contributed by atoms with Crippen molar-refractivity contribution in [3.63, 3.8) is 0 Å². The lowest BCUT2D eigenvalue weighted by atomic mass is 9.87. The molecule has 0 bridgehead atoms. The van der Waals surface area contributed by atoms with Gasteiger partial charge in [0.25, 0.3) is 0 Å². The summed E-state index contributed by atoms with van der Waals surface area (Å²) in [4.78, 5) is 19.9. The zero-order chi connectivity index (χ0) is 24.0. The average Bonchev–Trinajstić information content (AvgIpc) is 3.44. The number of carboxylic acids is 1. The summed E-state index contributed by atoms with van der Waals surface area (Å²) in [6.45, 7) is 8.37. The zero-order valence-electron chi connectivity index (χ0n) is 20.1. The van der Waals surface area contributed by atoms with Crippen molar-refractivity contribution in [1.29, 1.82) is 0 Å². The highest BCUT2D eigenvalue weighted by Gasteiger charge is 2.34. The molecule has 3 heterocycles. The summed E-state index contributed by atoms with van der Waals surface area (Å²) < 4.78 is 6.16. The molecule has 1 atom stereocenters. The van der Waals surface area contributed by atoms with Gasteiger partial charge in [0.2, 0.25) is 0 Å². The molecule has 2 N–H and O–H groups in total. The third-order valence-corrected chi connectivity index (χ3v) is 7.52. The van der Waals surface area contributed by atoms with Crippen LogP contribution in [0.2, 0.25) is 0 Å². The minimum absolute atomic E-state index is 0.623. The van der Waals surface area contributed by atoms with Crippen molar-refractivity contribution in [2.24, 2.45) is 0 Å². The van der Waals surface area contributed by atoms with Crippen LogP contribution in [0, 0.1) is 6.92 Å². The Morgan fingerprint density at radius 1 is 1.26 bits per heavy atom. The van der Waals surface area contributed by atoms with Gasteiger partial charge >= 0.3 is 5.97 Å². The molecule has 2 aliphatic rings. The molecule has 0 saturated carbocycles. The van der Waals surface area contributed by atoms with Gasteiger partial charge in [0.1, 0.15) is 4.83 Å². The lowest BCUT2D eigenvalue weighted by Crippen LogP contribution is -2.29. The van der Waals surface area contributed by atoms with E-state index in [2.05, 4.69) is 29.7 Å². The fourth-order valence-corrected chi connectivity index (χ4v) is 6.29. The van der Waals surface area contributed by atoms with E-state index < -0.39 is 17.7 Å². The number of hydrazine groups is 1. The molecule has 0 spiro atoms. The van der Waals surface area contributed by atoms with Crippen molar-refractivity contribution in [2.45, 2.75) is 65.1 Å². The van der Waals surface area contributed by atoms with Crippen molar-refractivity contribution >= 4 is 33.2 Å². The third kappa shape index (κ3) is 4.24. The molecule has 1 aromatic carbocycles. The second-order valence-electron chi connectivity index (χ2n) is 9.99. The highest BCUT2D eigenvalue weighted by atomic mass is 32.1. The van der Waals surface area contributed by atoms with E-state index in [0.29, 0.717) is 11.3 Å². The molecule has 7 heteroatoms. The fraction of sp³-hybridized carbons (Fsp3) is 0.407. The van der Waals surface area contributed by atoms with Gasteiger partial charge < -0.3 is 9.84 Å². The number of carbonyl (C=O) groups is 1. The van der Waals surface area contributed by atoms with Crippen LogP contribution >= 0.6 is 11.3 Å². The smallest absolute Gasteiger partial charge is 0.337 e. The number of hydrogen-bond acceptors (Lipinski definition) is 6. The molecule has 3 aromatic rings. The van der Waals surface area contributed by atoms with E-state index in [1.807, 2.05) is 45.0 Å². The Balaban J connectivity index is 1.81. The Kier molecular flexibility index (Phi) is 5.96. The van der Waals surface area contributed by atoms with Crippen LogP contribution in [0.5, 0.6) is 0 Å². The SMILES string of the molecule is Cc1nc2sc3c(c2c(-c2cccc(N4C=CCN4)c2)c1C(OC(C)(C)C)C(=O)O)CCCC3. The summed E-state index contributed by atoms with van der Waals surface area (Å²) in [5, 5.41) is 13.4. The van der Waals surface area contributed by atoms with Gasteiger partial charge in [-0.2, -0.15) is 0 Å². The van der Waals surface area contributed by atoms with Crippen LogP contribution in [-0.2, 0) is 22.4 Å². The van der Waals surface area contributed by atoms with Gasteiger partial charge in [-0.15, -0.1) is 11.3 Å². The van der Waals surface area contributed by atoms with Gasteiger partial charge in [-0.05, 0) is 76.6 Å². The normalized spacial score (nSPS) is 16.8. The molecule has 1 unspecified atom stereocenters. The van der Waals surface area contributed by atoms with E-state index in [4.69, 9.17) is 9.72 Å². The van der Waals surface area contributed by atoms with Crippen LogP contribution in [0.3, 0.4) is 0 Å². The maximum absolute atomic E-state index is 12.6. The van der Waals surface area contributed by atoms with Crippen LogP contribution < -0.4 is 10.4 Å². The number of nitrogens with zero attached hydrogens (tertiary/aromatic N) is 2. The molecule has 1 aliphatic carbocycles. The number of fused-ring (bicyclic) bond motifs is 3. The van der Waals surface area contributed by atoms with Crippen molar-refractivity contribution in [2.75, 3.05) is 11.6 Å². The largest absolute Gasteiger partial charge is 0.479 e. The van der Waals surface area contributed by atoms with Crippen LogP contribution in [0.25, 0.3) is 21.3 Å². The second kappa shape index (κ2) is 8.80. The number of aryl methyl sites for hydroxylation is 3. The van der Waals surface area contributed by atoms with E-state index in [1.165, 1.54) is 16.9 Å². The maximum atomic E-state index is 12.6. The first-order valence-corrected chi connectivity index (χ1v) is 12.7. The maximum Gasteiger partial charge on any atom is 0.337 e. The molecule has 0 fully saturated rings. The predicted molar refractivity (Wildman–Crippen MR) is 137 cm³/mol. The van der Waals surface area contributed by atoms with Crippen LogP contribution in [-0.4, -0.2) is 28.2 Å². The van der Waals surface area contributed by atoms with Crippen molar-refractivity contribution < 1.29 is 14.6 Å². The molecule has 1 aliphatic heterocycles. The number of anilines is 1. The summed E-state index contributed by atoms with van der Waals surface area (Å²) in [5.41, 5.74) is 8.34. The van der Waals surface area contributed by atoms with Crippen molar-refractivity contribution in [1.82, 2.24) is 10.4 Å². The summed E-state index contributed by atoms with van der Waals surface area (Å²) in [6, 6.07) is 8.29. The van der Waals surface area contributed by atoms with Gasteiger partial charge in [-0.25, -0.2) is 15.2 Å². The summed E-state index contributed by atoms with van der Waals surface area (Å²) >= 11 is 1.76. The van der Waals surface area contributed by atoms with Crippen LogP contribution in [0.1, 0.15) is 61.4 Å². The van der Waals surface area contributed by atoms with Crippen LogP contribution in [0.15, 0.2) is 36.5 Å². The molecule has 2 aromatic heterocycles. The number of rotatable bonds is 5. The van der Waals surface area contributed by atoms with E-state index in [0.717, 1.165) is 52.8 Å². The highest BCUT2D eigenvalue weighted by molar-refractivity contribution is 7.19. The predicted octanol–water partition coefficient (Wildman–Crippen LogP) is 5.93. The summed E-state index contributed by atoms with van der Waals surface area (Å²) in [6.07, 6.45) is 7.37. The molecule has 6 nitrogen and oxygen atoms in total. The number of carboxylic acid groups (broad SMARTS) is 1. The van der Waals surface area contributed by atoms with Crippen molar-refractivity contribution in [3.8, 4) is 11.1 Å². The molecule has 178 valence electrons. The quantitative estimate of drug-likeness (QED) is 0.474. The lowest BCUT2D eigenvalue weighted by molar-refractivity contribution is -0.160. The van der Waals surface area contributed by atoms with Gasteiger partial charge in [-0.3, -0.25) is 5.01 Å². The number of hydrogen-bond donors (Lipinski definition) is 2. The molecule has 5 rings (SSSR count). The molecule has 0 saturated heterocycles. The first-order chi connectivity index (χ1) is 16.2. The van der Waals surface area contributed by atoms with E-state index in [9.17, 15) is 9.90 Å². The lowest BCUT2D eigenvalue weighted by Gasteiger charge is -2.28. The van der Waals surface area contributed by atoms with Crippen LogP contribution in [0.4, 0.5) is 5.69 Å². The minimum Gasteiger partial charge on any atom is -0.479 e. The van der Waals surface area contributed by atoms with E-state index in [1.54, 1.807) is 11.3 Å². The Morgan fingerprint density at radius 3 is 2.76 bits per heavy atom. The Bertz CT molecular complexity index is 1290. The molecule has 0 radical (unpaired) electrons. The number of ether oxygens (including phenoxy) is 1. The zero-order valence-corrected chi connectivity index (χ0v) is 21.0. The number of aromatic nitrogens is 1. The molecular weight excluding hydrogens is 446 g/mol. The number of aliphatic carboxylic acids is 1. The first-order valence-electron chi connectivity index (χ1n) is 11.9. The number of thiophene rings is 1. The standard InChI is InChI=1S/C27H31N3O3S/c1-16-21(24(26(31)32)33-27(2,3)4)22(17-9-7-10-18(15-17)30-14-8-13-28-30)23-19-11-5-6-12-20(19)34-25(23)29-16/h7-10,14-15,24,28H,5-6,11-13H2,1-4H3,(H,31,32). The molecule has 34 heavy (non-hydrogen) atoms. The third-order valence-electron chi connectivity index (χ3n) is 6.34. The van der Waals surface area contributed by atoms with Crippen molar-refractivity contribution in [3.05, 3.63) is 58.2 Å². The van der Waals surface area contributed by atoms with Gasteiger partial charge in [0.15, 0.2) is 6.10 Å². The molecule has 0 amide bonds. The Morgan fingerprint density at radius 2 is 2.06 bits per heavy atom. The number of pyridine rings is 1. The fourth-order valence-electron chi connectivity index (χ4n) is 4.97. The number of benzene rings is 1. The van der Waals surface area contributed by atoms with Gasteiger partial charge in [0, 0.05) is 39.8 Å². The average molecular weight is 478 g/mol. The molecular formula is C27H31N3O3S. The van der Waals surface area contributed by atoms with Gasteiger partial charge in [-0.1, -0.05) is 18.2 Å². The summed E-state index contributed by atoms with van der Waals surface area (Å²) in [7, 11) is 0. The number of nitrogens with one attached hydrogen (secondary N) is 1. The highest BCUT2D eigenvalue weighted by Crippen LogP contribution is 2.46. The van der Waals surface area contributed by atoms with Gasteiger partial charge in [0.05, 0.1) is 11.3 Å². The second-order valence-corrected chi connectivity index (χ2v) is 11.1. The van der Waals surface area contributed by atoms with E-state index >= 15 is 0 Å². The monoisotopic (exact) mass is 477 g/mol. The Hall–Kier alpha value is -2.74. The summed E-state index contributed by atoms with van der Waals surface area (Å²) in [5.74, 6) is -0.996. The van der Waals surface area contributed by atoms with E-state index in [-0.39, 0.29) is 0 Å². The first kappa shape index (κ1) is 23.0.